The third-order valence-corrected chi connectivity index (χ3v) is 5.79. The van der Waals surface area contributed by atoms with E-state index in [9.17, 15) is 9.59 Å². The highest BCUT2D eigenvalue weighted by Crippen LogP contribution is 2.24. The third-order valence-electron chi connectivity index (χ3n) is 5.79. The minimum atomic E-state index is -0.175. The van der Waals surface area contributed by atoms with Crippen LogP contribution in [0.5, 0.6) is 5.75 Å². The number of nitrogens with one attached hydrogen (secondary N) is 1. The first-order valence-corrected chi connectivity index (χ1v) is 10.5. The second kappa shape index (κ2) is 8.68. The smallest absolute Gasteiger partial charge is 0.257 e. The lowest BCUT2D eigenvalue weighted by atomic mass is 10.1. The van der Waals surface area contributed by atoms with Gasteiger partial charge in [-0.2, -0.15) is 0 Å². The van der Waals surface area contributed by atoms with Gasteiger partial charge in [-0.3, -0.25) is 9.59 Å². The molecule has 31 heavy (non-hydrogen) atoms. The van der Waals surface area contributed by atoms with E-state index in [0.29, 0.717) is 16.8 Å². The molecule has 160 valence electrons. The summed E-state index contributed by atoms with van der Waals surface area (Å²) in [5.74, 6) is 0.667. The highest BCUT2D eigenvalue weighted by Gasteiger charge is 2.20. The van der Waals surface area contributed by atoms with Gasteiger partial charge in [-0.1, -0.05) is 0 Å². The fourth-order valence-corrected chi connectivity index (χ4v) is 4.12. The molecule has 2 heterocycles. The molecule has 4 rings (SSSR count). The number of rotatable bonds is 5. The average molecular weight is 418 g/mol. The third kappa shape index (κ3) is 4.19. The molecule has 2 aromatic carbocycles. The fraction of sp³-hybridized carbons (Fsp3) is 0.280. The van der Waals surface area contributed by atoms with E-state index in [4.69, 9.17) is 4.74 Å². The molecule has 6 heteroatoms. The van der Waals surface area contributed by atoms with Crippen LogP contribution in [0.4, 0.5) is 5.69 Å². The summed E-state index contributed by atoms with van der Waals surface area (Å²) in [6.07, 6.45) is 2.13. The maximum absolute atomic E-state index is 12.9. The lowest BCUT2D eigenvalue weighted by Gasteiger charge is -2.15. The zero-order chi connectivity index (χ0) is 22.0. The molecule has 0 atom stereocenters. The van der Waals surface area contributed by atoms with Crippen LogP contribution in [0.1, 0.15) is 44.9 Å². The van der Waals surface area contributed by atoms with Gasteiger partial charge in [0.1, 0.15) is 5.75 Å². The number of aromatic nitrogens is 1. The Morgan fingerprint density at radius 3 is 2.19 bits per heavy atom. The summed E-state index contributed by atoms with van der Waals surface area (Å²) in [5, 5.41) is 2.95. The molecule has 0 bridgehead atoms. The standard InChI is InChI=1S/C25H27N3O3/c1-17-16-23(18(2)28(17)21-10-12-22(31-3)13-11-21)24(29)26-20-8-6-19(7-9-20)25(30)27-14-4-5-15-27/h6-13,16H,4-5,14-15H2,1-3H3,(H,26,29). The molecule has 0 aliphatic carbocycles. The Bertz CT molecular complexity index is 1090. The van der Waals surface area contributed by atoms with Crippen molar-refractivity contribution in [2.75, 3.05) is 25.5 Å². The molecule has 6 nitrogen and oxygen atoms in total. The van der Waals surface area contributed by atoms with Gasteiger partial charge in [-0.25, -0.2) is 0 Å². The van der Waals surface area contributed by atoms with Gasteiger partial charge in [0.05, 0.1) is 12.7 Å². The largest absolute Gasteiger partial charge is 0.497 e. The van der Waals surface area contributed by atoms with E-state index in [1.54, 1.807) is 31.4 Å². The molecule has 1 aliphatic rings. The molecular weight excluding hydrogens is 390 g/mol. The second-order valence-electron chi connectivity index (χ2n) is 7.85. The van der Waals surface area contributed by atoms with Crippen LogP contribution in [0.2, 0.25) is 0 Å². The predicted octanol–water partition coefficient (Wildman–Crippen LogP) is 4.59. The number of nitrogens with zero attached hydrogens (tertiary/aromatic N) is 2. The molecular formula is C25H27N3O3. The number of carbonyl (C=O) groups is 2. The SMILES string of the molecule is COc1ccc(-n2c(C)cc(C(=O)Nc3ccc(C(=O)N4CCCC4)cc3)c2C)cc1. The van der Waals surface area contributed by atoms with Gasteiger partial charge in [0.25, 0.3) is 11.8 Å². The van der Waals surface area contributed by atoms with Gasteiger partial charge in [-0.15, -0.1) is 0 Å². The predicted molar refractivity (Wildman–Crippen MR) is 121 cm³/mol. The van der Waals surface area contributed by atoms with Crippen LogP contribution in [0.25, 0.3) is 5.69 Å². The van der Waals surface area contributed by atoms with Crippen molar-refractivity contribution in [1.82, 2.24) is 9.47 Å². The van der Waals surface area contributed by atoms with Gasteiger partial charge in [0.2, 0.25) is 0 Å². The van der Waals surface area contributed by atoms with Crippen LogP contribution in [-0.2, 0) is 0 Å². The number of methoxy groups -OCH3 is 1. The van der Waals surface area contributed by atoms with E-state index in [0.717, 1.165) is 48.8 Å². The van der Waals surface area contributed by atoms with Crippen LogP contribution < -0.4 is 10.1 Å². The monoisotopic (exact) mass is 417 g/mol. The van der Waals surface area contributed by atoms with Crippen molar-refractivity contribution < 1.29 is 14.3 Å². The zero-order valence-corrected chi connectivity index (χ0v) is 18.1. The zero-order valence-electron chi connectivity index (χ0n) is 18.1. The minimum Gasteiger partial charge on any atom is -0.497 e. The molecule has 3 aromatic rings. The van der Waals surface area contributed by atoms with E-state index in [1.165, 1.54) is 0 Å². The minimum absolute atomic E-state index is 0.0541. The summed E-state index contributed by atoms with van der Waals surface area (Å²) in [6, 6.07) is 16.7. The van der Waals surface area contributed by atoms with Crippen LogP contribution in [0.15, 0.2) is 54.6 Å². The number of hydrogen-bond donors (Lipinski definition) is 1. The Balaban J connectivity index is 1.50. The molecule has 1 fully saturated rings. The number of likely N-dealkylation sites (tertiary alicyclic amines) is 1. The Hall–Kier alpha value is -3.54. The van der Waals surface area contributed by atoms with Crippen molar-refractivity contribution in [3.63, 3.8) is 0 Å². The highest BCUT2D eigenvalue weighted by molar-refractivity contribution is 6.05. The lowest BCUT2D eigenvalue weighted by molar-refractivity contribution is 0.0792. The van der Waals surface area contributed by atoms with Crippen molar-refractivity contribution >= 4 is 17.5 Å². The van der Waals surface area contributed by atoms with Crippen molar-refractivity contribution in [2.24, 2.45) is 0 Å². The Kier molecular flexibility index (Phi) is 5.80. The summed E-state index contributed by atoms with van der Waals surface area (Å²) in [7, 11) is 1.64. The average Bonchev–Trinajstić information content (AvgIpc) is 3.42. The number of anilines is 1. The maximum Gasteiger partial charge on any atom is 0.257 e. The molecule has 2 amide bonds. The van der Waals surface area contributed by atoms with E-state index in [1.807, 2.05) is 53.6 Å². The number of carbonyl (C=O) groups excluding carboxylic acids is 2. The van der Waals surface area contributed by atoms with E-state index in [-0.39, 0.29) is 11.8 Å². The van der Waals surface area contributed by atoms with Crippen LogP contribution in [0, 0.1) is 13.8 Å². The highest BCUT2D eigenvalue weighted by atomic mass is 16.5. The maximum atomic E-state index is 12.9. The lowest BCUT2D eigenvalue weighted by Crippen LogP contribution is -2.27. The summed E-state index contributed by atoms with van der Waals surface area (Å²) in [6.45, 7) is 5.55. The first kappa shape index (κ1) is 20.7. The molecule has 1 aromatic heterocycles. The van der Waals surface area contributed by atoms with E-state index < -0.39 is 0 Å². The summed E-state index contributed by atoms with van der Waals surface area (Å²) in [4.78, 5) is 27.3. The number of benzene rings is 2. The van der Waals surface area contributed by atoms with Crippen LogP contribution >= 0.6 is 0 Å². The topological polar surface area (TPSA) is 63.6 Å². The quantitative estimate of drug-likeness (QED) is 0.660. The number of hydrogen-bond acceptors (Lipinski definition) is 3. The second-order valence-corrected chi connectivity index (χ2v) is 7.85. The van der Waals surface area contributed by atoms with Crippen molar-refractivity contribution in [1.29, 1.82) is 0 Å². The number of ether oxygens (including phenoxy) is 1. The molecule has 1 N–H and O–H groups in total. The van der Waals surface area contributed by atoms with Crippen molar-refractivity contribution in [3.05, 3.63) is 77.1 Å². The molecule has 0 spiro atoms. The molecule has 0 saturated carbocycles. The fourth-order valence-electron chi connectivity index (χ4n) is 4.12. The molecule has 0 unspecified atom stereocenters. The number of amides is 2. The van der Waals surface area contributed by atoms with Crippen LogP contribution in [0.3, 0.4) is 0 Å². The van der Waals surface area contributed by atoms with Crippen LogP contribution in [-0.4, -0.2) is 41.5 Å². The van der Waals surface area contributed by atoms with Crippen molar-refractivity contribution in [3.8, 4) is 11.4 Å². The first-order valence-electron chi connectivity index (χ1n) is 10.5. The summed E-state index contributed by atoms with van der Waals surface area (Å²) < 4.78 is 7.28. The van der Waals surface area contributed by atoms with Gasteiger partial charge in [-0.05, 0) is 81.3 Å². The van der Waals surface area contributed by atoms with Gasteiger partial charge < -0.3 is 19.5 Å². The molecule has 1 saturated heterocycles. The Morgan fingerprint density at radius 2 is 1.58 bits per heavy atom. The Labute approximate surface area is 182 Å². The van der Waals surface area contributed by atoms with E-state index >= 15 is 0 Å². The molecule has 0 radical (unpaired) electrons. The first-order chi connectivity index (χ1) is 15.0. The summed E-state index contributed by atoms with van der Waals surface area (Å²) in [5.41, 5.74) is 4.74. The van der Waals surface area contributed by atoms with E-state index in [2.05, 4.69) is 5.32 Å². The van der Waals surface area contributed by atoms with Gasteiger partial charge in [0, 0.05) is 41.4 Å². The Morgan fingerprint density at radius 1 is 0.935 bits per heavy atom. The van der Waals surface area contributed by atoms with Gasteiger partial charge in [0.15, 0.2) is 0 Å². The molecule has 1 aliphatic heterocycles. The van der Waals surface area contributed by atoms with Crippen molar-refractivity contribution in [2.45, 2.75) is 26.7 Å². The summed E-state index contributed by atoms with van der Waals surface area (Å²) >= 11 is 0. The number of aryl methyl sites for hydroxylation is 1. The van der Waals surface area contributed by atoms with Gasteiger partial charge >= 0.3 is 0 Å². The normalized spacial score (nSPS) is 13.3.